The number of amides is 1. The van der Waals surface area contributed by atoms with E-state index >= 15 is 0 Å². The summed E-state index contributed by atoms with van der Waals surface area (Å²) in [5.74, 6) is 0.835. The fourth-order valence-corrected chi connectivity index (χ4v) is 4.18. The Labute approximate surface area is 162 Å². The van der Waals surface area contributed by atoms with Crippen LogP contribution in [-0.4, -0.2) is 21.3 Å². The van der Waals surface area contributed by atoms with E-state index in [0.717, 1.165) is 12.8 Å². The molecule has 3 unspecified atom stereocenters. The normalized spacial score (nSPS) is 22.9. The maximum absolute atomic E-state index is 13.0. The maximum Gasteiger partial charge on any atom is 0.265 e. The molecule has 1 fully saturated rings. The predicted octanol–water partition coefficient (Wildman–Crippen LogP) is 4.06. The first-order valence-corrected chi connectivity index (χ1v) is 9.75. The van der Waals surface area contributed by atoms with Crippen LogP contribution in [0.4, 0.5) is 0 Å². The SMILES string of the molecule is CC1CCCC(NC(=O)c2cccn3c(=O)c4cc(Cl)ccc4nc23)C1C. The lowest BCUT2D eigenvalue weighted by Crippen LogP contribution is -2.43. The minimum Gasteiger partial charge on any atom is -0.349 e. The van der Waals surface area contributed by atoms with Gasteiger partial charge in [0, 0.05) is 17.3 Å². The molecule has 3 aromatic rings. The van der Waals surface area contributed by atoms with Crippen molar-refractivity contribution in [2.45, 2.75) is 39.2 Å². The fourth-order valence-electron chi connectivity index (χ4n) is 4.01. The van der Waals surface area contributed by atoms with E-state index in [-0.39, 0.29) is 17.5 Å². The summed E-state index contributed by atoms with van der Waals surface area (Å²) in [7, 11) is 0. The first-order valence-electron chi connectivity index (χ1n) is 9.37. The van der Waals surface area contributed by atoms with Crippen molar-refractivity contribution in [1.29, 1.82) is 0 Å². The third kappa shape index (κ3) is 3.21. The number of carbonyl (C=O) groups excluding carboxylic acids is 1. The smallest absolute Gasteiger partial charge is 0.265 e. The number of aromatic nitrogens is 2. The second kappa shape index (κ2) is 6.97. The Morgan fingerprint density at radius 3 is 2.89 bits per heavy atom. The summed E-state index contributed by atoms with van der Waals surface area (Å²) < 4.78 is 1.42. The Morgan fingerprint density at radius 2 is 2.07 bits per heavy atom. The highest BCUT2D eigenvalue weighted by atomic mass is 35.5. The van der Waals surface area contributed by atoms with Crippen molar-refractivity contribution in [3.8, 4) is 0 Å². The molecule has 1 aliphatic carbocycles. The molecule has 1 amide bonds. The molecule has 2 heterocycles. The minimum atomic E-state index is -0.230. The van der Waals surface area contributed by atoms with Gasteiger partial charge in [0.2, 0.25) is 0 Å². The van der Waals surface area contributed by atoms with Crippen LogP contribution in [0.3, 0.4) is 0 Å². The summed E-state index contributed by atoms with van der Waals surface area (Å²) in [6, 6.07) is 8.58. The van der Waals surface area contributed by atoms with Crippen LogP contribution >= 0.6 is 11.6 Å². The van der Waals surface area contributed by atoms with Crippen LogP contribution in [0.25, 0.3) is 16.6 Å². The fraction of sp³-hybridized carbons (Fsp3) is 0.381. The van der Waals surface area contributed by atoms with Crippen molar-refractivity contribution in [3.63, 3.8) is 0 Å². The Hall–Kier alpha value is -2.40. The topological polar surface area (TPSA) is 63.5 Å². The highest BCUT2D eigenvalue weighted by Crippen LogP contribution is 2.29. The van der Waals surface area contributed by atoms with E-state index in [4.69, 9.17) is 11.6 Å². The summed E-state index contributed by atoms with van der Waals surface area (Å²) >= 11 is 6.02. The zero-order valence-electron chi connectivity index (χ0n) is 15.4. The molecule has 0 bridgehead atoms. The van der Waals surface area contributed by atoms with Gasteiger partial charge in [-0.05, 0) is 48.6 Å². The molecule has 1 N–H and O–H groups in total. The van der Waals surface area contributed by atoms with Gasteiger partial charge in [-0.1, -0.05) is 38.3 Å². The lowest BCUT2D eigenvalue weighted by atomic mass is 9.78. The summed E-state index contributed by atoms with van der Waals surface area (Å²) in [6.45, 7) is 4.43. The standard InChI is InChI=1S/C21H22ClN3O2/c1-12-5-3-7-17(13(12)2)24-20(26)15-6-4-10-25-19(15)23-18-9-8-14(22)11-16(18)21(25)27/h4,6,8-13,17H,3,5,7H2,1-2H3,(H,24,26). The van der Waals surface area contributed by atoms with Crippen molar-refractivity contribution >= 4 is 34.1 Å². The molecular formula is C21H22ClN3O2. The first kappa shape index (κ1) is 18.0. The highest BCUT2D eigenvalue weighted by Gasteiger charge is 2.29. The number of nitrogens with one attached hydrogen (secondary N) is 1. The molecular weight excluding hydrogens is 362 g/mol. The van der Waals surface area contributed by atoms with Crippen LogP contribution in [-0.2, 0) is 0 Å². The zero-order chi connectivity index (χ0) is 19.1. The van der Waals surface area contributed by atoms with Crippen molar-refractivity contribution in [3.05, 3.63) is 57.5 Å². The molecule has 6 heteroatoms. The number of fused-ring (bicyclic) bond motifs is 2. The van der Waals surface area contributed by atoms with Crippen LogP contribution in [0, 0.1) is 11.8 Å². The van der Waals surface area contributed by atoms with Gasteiger partial charge in [-0.25, -0.2) is 4.98 Å². The first-order chi connectivity index (χ1) is 13.0. The molecule has 1 saturated carbocycles. The molecule has 3 atom stereocenters. The van der Waals surface area contributed by atoms with Crippen LogP contribution in [0.15, 0.2) is 41.3 Å². The maximum atomic E-state index is 13.0. The van der Waals surface area contributed by atoms with Crippen LogP contribution in [0.2, 0.25) is 5.02 Å². The summed E-state index contributed by atoms with van der Waals surface area (Å²) in [5.41, 5.74) is 1.08. The van der Waals surface area contributed by atoms with Gasteiger partial charge in [-0.15, -0.1) is 0 Å². The van der Waals surface area contributed by atoms with Gasteiger partial charge >= 0.3 is 0 Å². The van der Waals surface area contributed by atoms with Crippen molar-refractivity contribution in [2.75, 3.05) is 0 Å². The van der Waals surface area contributed by atoms with Gasteiger partial charge in [0.15, 0.2) is 5.65 Å². The molecule has 0 aliphatic heterocycles. The molecule has 1 aromatic carbocycles. The molecule has 0 radical (unpaired) electrons. The summed E-state index contributed by atoms with van der Waals surface area (Å²) in [4.78, 5) is 30.4. The molecule has 0 spiro atoms. The Balaban J connectivity index is 1.78. The molecule has 1 aliphatic rings. The van der Waals surface area contributed by atoms with Gasteiger partial charge in [-0.2, -0.15) is 0 Å². The minimum absolute atomic E-state index is 0.146. The molecule has 27 heavy (non-hydrogen) atoms. The van der Waals surface area contributed by atoms with Crippen molar-refractivity contribution in [1.82, 2.24) is 14.7 Å². The average molecular weight is 384 g/mol. The second-order valence-corrected chi connectivity index (χ2v) is 7.98. The van der Waals surface area contributed by atoms with Gasteiger partial charge in [0.05, 0.1) is 16.5 Å². The lowest BCUT2D eigenvalue weighted by molar-refractivity contribution is 0.0892. The number of nitrogens with zero attached hydrogens (tertiary/aromatic N) is 2. The van der Waals surface area contributed by atoms with Crippen molar-refractivity contribution in [2.24, 2.45) is 11.8 Å². The van der Waals surface area contributed by atoms with E-state index in [1.807, 2.05) is 0 Å². The molecule has 0 saturated heterocycles. The number of halogens is 1. The molecule has 5 nitrogen and oxygen atoms in total. The van der Waals surface area contributed by atoms with Gasteiger partial charge in [0.25, 0.3) is 11.5 Å². The summed E-state index contributed by atoms with van der Waals surface area (Å²) in [6.07, 6.45) is 4.94. The number of hydrogen-bond acceptors (Lipinski definition) is 3. The largest absolute Gasteiger partial charge is 0.349 e. The van der Waals surface area contributed by atoms with Crippen LogP contribution in [0.5, 0.6) is 0 Å². The zero-order valence-corrected chi connectivity index (χ0v) is 16.2. The van der Waals surface area contributed by atoms with Crippen LogP contribution < -0.4 is 10.9 Å². The van der Waals surface area contributed by atoms with E-state index in [1.54, 1.807) is 36.5 Å². The number of hydrogen-bond donors (Lipinski definition) is 1. The van der Waals surface area contributed by atoms with E-state index < -0.39 is 0 Å². The van der Waals surface area contributed by atoms with Crippen LogP contribution in [0.1, 0.15) is 43.5 Å². The summed E-state index contributed by atoms with van der Waals surface area (Å²) in [5, 5.41) is 4.09. The number of carbonyl (C=O) groups is 1. The average Bonchev–Trinajstić information content (AvgIpc) is 2.66. The molecule has 2 aromatic heterocycles. The molecule has 4 rings (SSSR count). The van der Waals surface area contributed by atoms with Gasteiger partial charge in [0.1, 0.15) is 0 Å². The van der Waals surface area contributed by atoms with E-state index in [9.17, 15) is 9.59 Å². The lowest BCUT2D eigenvalue weighted by Gasteiger charge is -2.34. The van der Waals surface area contributed by atoms with E-state index in [2.05, 4.69) is 24.1 Å². The van der Waals surface area contributed by atoms with Gasteiger partial charge < -0.3 is 5.32 Å². The number of pyridine rings is 1. The third-order valence-corrected chi connectivity index (χ3v) is 6.10. The third-order valence-electron chi connectivity index (χ3n) is 5.87. The number of rotatable bonds is 2. The Kier molecular flexibility index (Phi) is 4.64. The second-order valence-electron chi connectivity index (χ2n) is 7.54. The predicted molar refractivity (Wildman–Crippen MR) is 107 cm³/mol. The number of benzene rings is 1. The Bertz CT molecular complexity index is 1090. The monoisotopic (exact) mass is 383 g/mol. The highest BCUT2D eigenvalue weighted by molar-refractivity contribution is 6.31. The molecule has 140 valence electrons. The van der Waals surface area contributed by atoms with Gasteiger partial charge in [-0.3, -0.25) is 14.0 Å². The quantitative estimate of drug-likeness (QED) is 0.679. The van der Waals surface area contributed by atoms with Crippen molar-refractivity contribution < 1.29 is 4.79 Å². The Morgan fingerprint density at radius 1 is 1.26 bits per heavy atom. The van der Waals surface area contributed by atoms with E-state index in [1.165, 1.54) is 10.8 Å². The van der Waals surface area contributed by atoms with E-state index in [0.29, 0.717) is 39.0 Å².